The second kappa shape index (κ2) is 11.5. The maximum absolute atomic E-state index is 5.71. The molecule has 0 amide bonds. The van der Waals surface area contributed by atoms with Gasteiger partial charge in [-0.3, -0.25) is 0 Å². The molecule has 0 saturated carbocycles. The molecule has 1 heterocycles. The normalized spacial score (nSPS) is 11.4. The van der Waals surface area contributed by atoms with Gasteiger partial charge >= 0.3 is 0 Å². The van der Waals surface area contributed by atoms with Crippen LogP contribution < -0.4 is 20.1 Å². The Morgan fingerprint density at radius 2 is 2.00 bits per heavy atom. The Kier molecular flexibility index (Phi) is 9.07. The lowest BCUT2D eigenvalue weighted by atomic mass is 10.2. The molecule has 1 aromatic heterocycles. The molecule has 154 valence electrons. The summed E-state index contributed by atoms with van der Waals surface area (Å²) in [6.07, 6.45) is 1.86. The number of ether oxygens (including phenoxy) is 2. The van der Waals surface area contributed by atoms with Crippen molar-refractivity contribution in [2.24, 2.45) is 4.99 Å². The van der Waals surface area contributed by atoms with Gasteiger partial charge in [0.05, 0.1) is 31.0 Å². The van der Waals surface area contributed by atoms with E-state index >= 15 is 0 Å². The van der Waals surface area contributed by atoms with Crippen LogP contribution in [-0.2, 0) is 13.0 Å². The van der Waals surface area contributed by atoms with Gasteiger partial charge in [0.15, 0.2) is 17.5 Å². The minimum atomic E-state index is 0.565. The molecule has 0 unspecified atom stereocenters. The molecule has 28 heavy (non-hydrogen) atoms. The lowest BCUT2D eigenvalue weighted by Gasteiger charge is -2.12. The van der Waals surface area contributed by atoms with Crippen molar-refractivity contribution < 1.29 is 9.47 Å². The van der Waals surface area contributed by atoms with Crippen LogP contribution in [0.1, 0.15) is 41.4 Å². The van der Waals surface area contributed by atoms with Crippen molar-refractivity contribution in [3.05, 3.63) is 39.3 Å². The van der Waals surface area contributed by atoms with E-state index in [-0.39, 0.29) is 0 Å². The first-order valence-electron chi connectivity index (χ1n) is 9.82. The van der Waals surface area contributed by atoms with Gasteiger partial charge in [0, 0.05) is 24.4 Å². The van der Waals surface area contributed by atoms with Crippen LogP contribution >= 0.6 is 11.3 Å². The number of nitrogens with zero attached hydrogens (tertiary/aromatic N) is 2. The smallest absolute Gasteiger partial charge is 0.191 e. The summed E-state index contributed by atoms with van der Waals surface area (Å²) < 4.78 is 11.2. The number of aryl methyl sites for hydroxylation is 2. The number of aromatic nitrogens is 1. The summed E-state index contributed by atoms with van der Waals surface area (Å²) >= 11 is 1.76. The molecular weight excluding hydrogens is 372 g/mol. The van der Waals surface area contributed by atoms with Gasteiger partial charge in [-0.15, -0.1) is 11.3 Å². The fourth-order valence-corrected chi connectivity index (χ4v) is 3.52. The molecule has 6 nitrogen and oxygen atoms in total. The summed E-state index contributed by atoms with van der Waals surface area (Å²) in [5.41, 5.74) is 2.20. The maximum Gasteiger partial charge on any atom is 0.191 e. The third kappa shape index (κ3) is 6.71. The Morgan fingerprint density at radius 3 is 2.64 bits per heavy atom. The first-order valence-corrected chi connectivity index (χ1v) is 10.6. The second-order valence-corrected chi connectivity index (χ2v) is 7.74. The standard InChI is InChI=1S/C21H32N4O2S/c1-6-12-27-18-9-8-17(13-19(18)26-5)14-24-21(22-7-2)23-11-10-20-25-15(3)16(4)28-20/h8-9,13H,6-7,10-12,14H2,1-5H3,(H2,22,23,24). The number of hydrogen-bond acceptors (Lipinski definition) is 5. The molecule has 0 aliphatic carbocycles. The second-order valence-electron chi connectivity index (χ2n) is 6.45. The van der Waals surface area contributed by atoms with Crippen molar-refractivity contribution in [1.82, 2.24) is 15.6 Å². The number of nitrogens with one attached hydrogen (secondary N) is 2. The van der Waals surface area contributed by atoms with Crippen molar-refractivity contribution in [3.63, 3.8) is 0 Å². The average Bonchev–Trinajstić information content (AvgIpc) is 3.02. The number of methoxy groups -OCH3 is 1. The molecule has 2 aromatic rings. The lowest BCUT2D eigenvalue weighted by Crippen LogP contribution is -2.38. The first kappa shape index (κ1) is 22.0. The zero-order chi connectivity index (χ0) is 20.4. The molecule has 0 aliphatic rings. The summed E-state index contributed by atoms with van der Waals surface area (Å²) in [6.45, 7) is 11.2. The molecule has 0 atom stereocenters. The highest BCUT2D eigenvalue weighted by Crippen LogP contribution is 2.28. The lowest BCUT2D eigenvalue weighted by molar-refractivity contribution is 0.294. The van der Waals surface area contributed by atoms with Crippen molar-refractivity contribution in [2.75, 3.05) is 26.8 Å². The van der Waals surface area contributed by atoms with Gasteiger partial charge in [0.25, 0.3) is 0 Å². The van der Waals surface area contributed by atoms with E-state index < -0.39 is 0 Å². The number of hydrogen-bond donors (Lipinski definition) is 2. The van der Waals surface area contributed by atoms with E-state index in [2.05, 4.69) is 48.3 Å². The van der Waals surface area contributed by atoms with Crippen LogP contribution in [0.2, 0.25) is 0 Å². The monoisotopic (exact) mass is 404 g/mol. The number of aliphatic imine (C=N–C) groups is 1. The van der Waals surface area contributed by atoms with E-state index in [1.807, 2.05) is 18.2 Å². The van der Waals surface area contributed by atoms with Gasteiger partial charge in [-0.05, 0) is 44.9 Å². The molecule has 0 spiro atoms. The zero-order valence-electron chi connectivity index (χ0n) is 17.6. The minimum Gasteiger partial charge on any atom is -0.493 e. The molecule has 0 bridgehead atoms. The van der Waals surface area contributed by atoms with Gasteiger partial charge in [-0.25, -0.2) is 9.98 Å². The van der Waals surface area contributed by atoms with Gasteiger partial charge in [0.1, 0.15) is 0 Å². The number of benzene rings is 1. The quantitative estimate of drug-likeness (QED) is 0.465. The topological polar surface area (TPSA) is 67.8 Å². The summed E-state index contributed by atoms with van der Waals surface area (Å²) in [7, 11) is 1.66. The third-order valence-electron chi connectivity index (χ3n) is 4.16. The molecule has 0 aliphatic heterocycles. The van der Waals surface area contributed by atoms with Gasteiger partial charge < -0.3 is 20.1 Å². The Hall–Kier alpha value is -2.28. The largest absolute Gasteiger partial charge is 0.493 e. The minimum absolute atomic E-state index is 0.565. The summed E-state index contributed by atoms with van der Waals surface area (Å²) in [6, 6.07) is 5.97. The molecule has 2 N–H and O–H groups in total. The van der Waals surface area contributed by atoms with E-state index in [0.717, 1.165) is 59.7 Å². The number of rotatable bonds is 10. The van der Waals surface area contributed by atoms with Crippen molar-refractivity contribution in [1.29, 1.82) is 0 Å². The van der Waals surface area contributed by atoms with Gasteiger partial charge in [-0.1, -0.05) is 13.0 Å². The Labute approximate surface area is 172 Å². The highest BCUT2D eigenvalue weighted by molar-refractivity contribution is 7.11. The highest BCUT2D eigenvalue weighted by atomic mass is 32.1. The van der Waals surface area contributed by atoms with Crippen molar-refractivity contribution in [3.8, 4) is 11.5 Å². The number of thiazole rings is 1. The zero-order valence-corrected chi connectivity index (χ0v) is 18.4. The highest BCUT2D eigenvalue weighted by Gasteiger charge is 2.07. The van der Waals surface area contributed by atoms with Crippen LogP contribution in [0.15, 0.2) is 23.2 Å². The average molecular weight is 405 g/mol. The van der Waals surface area contributed by atoms with Gasteiger partial charge in [-0.2, -0.15) is 0 Å². The Morgan fingerprint density at radius 1 is 1.18 bits per heavy atom. The number of guanidine groups is 1. The van der Waals surface area contributed by atoms with E-state index in [1.165, 1.54) is 4.88 Å². The molecule has 0 radical (unpaired) electrons. The molecule has 0 fully saturated rings. The van der Waals surface area contributed by atoms with E-state index in [4.69, 9.17) is 9.47 Å². The van der Waals surface area contributed by atoms with Crippen molar-refractivity contribution in [2.45, 2.75) is 47.1 Å². The summed E-state index contributed by atoms with van der Waals surface area (Å²) in [4.78, 5) is 10.6. The summed E-state index contributed by atoms with van der Waals surface area (Å²) in [5.74, 6) is 2.32. The third-order valence-corrected chi connectivity index (χ3v) is 5.29. The van der Waals surface area contributed by atoms with Crippen molar-refractivity contribution >= 4 is 17.3 Å². The Balaban J connectivity index is 1.95. The molecule has 7 heteroatoms. The molecule has 0 saturated heterocycles. The van der Waals surface area contributed by atoms with E-state index in [0.29, 0.717) is 13.2 Å². The molecule has 1 aromatic carbocycles. The predicted octanol–water partition coefficient (Wildman–Crippen LogP) is 3.86. The SMILES string of the molecule is CCCOc1ccc(CN=C(NCC)NCCc2nc(C)c(C)s2)cc1OC. The maximum atomic E-state index is 5.71. The fourth-order valence-electron chi connectivity index (χ4n) is 2.59. The van der Waals surface area contributed by atoms with Crippen LogP contribution in [0, 0.1) is 13.8 Å². The summed E-state index contributed by atoms with van der Waals surface area (Å²) in [5, 5.41) is 7.83. The van der Waals surface area contributed by atoms with Crippen LogP contribution in [-0.4, -0.2) is 37.7 Å². The molecular formula is C21H32N4O2S. The van der Waals surface area contributed by atoms with E-state index in [9.17, 15) is 0 Å². The van der Waals surface area contributed by atoms with E-state index in [1.54, 1.807) is 18.4 Å². The van der Waals surface area contributed by atoms with Crippen LogP contribution in [0.4, 0.5) is 0 Å². The Bertz CT molecular complexity index is 754. The first-order chi connectivity index (χ1) is 13.6. The van der Waals surface area contributed by atoms with Crippen LogP contribution in [0.5, 0.6) is 11.5 Å². The van der Waals surface area contributed by atoms with Crippen LogP contribution in [0.3, 0.4) is 0 Å². The van der Waals surface area contributed by atoms with Gasteiger partial charge in [0.2, 0.25) is 0 Å². The molecule has 2 rings (SSSR count). The van der Waals surface area contributed by atoms with Crippen LogP contribution in [0.25, 0.3) is 0 Å². The fraction of sp³-hybridized carbons (Fsp3) is 0.524. The predicted molar refractivity (Wildman–Crippen MR) is 117 cm³/mol.